The zero-order valence-corrected chi connectivity index (χ0v) is 14.8. The minimum absolute atomic E-state index is 0.0524. The molecule has 130 valence electrons. The molecule has 0 N–H and O–H groups in total. The number of hydrogen-bond acceptors (Lipinski definition) is 4. The Morgan fingerprint density at radius 2 is 2.04 bits per heavy atom. The first-order valence-electron chi connectivity index (χ1n) is 8.05. The predicted molar refractivity (Wildman–Crippen MR) is 98.5 cm³/mol. The Balaban J connectivity index is 1.93. The van der Waals surface area contributed by atoms with Crippen molar-refractivity contribution in [3.05, 3.63) is 70.3 Å². The maximum Gasteiger partial charge on any atom is 0.262 e. The van der Waals surface area contributed by atoms with E-state index in [0.717, 1.165) is 12.0 Å². The van der Waals surface area contributed by atoms with Crippen molar-refractivity contribution in [2.75, 3.05) is 13.7 Å². The molecule has 0 saturated carbocycles. The van der Waals surface area contributed by atoms with Crippen molar-refractivity contribution >= 4 is 22.7 Å². The summed E-state index contributed by atoms with van der Waals surface area (Å²) < 4.78 is 20.1. The molecule has 3 rings (SSSR count). The van der Waals surface area contributed by atoms with Gasteiger partial charge in [-0.15, -0.1) is 0 Å². The van der Waals surface area contributed by atoms with Crippen LogP contribution in [0.1, 0.15) is 12.0 Å². The Hall–Kier alpha value is -2.18. The van der Waals surface area contributed by atoms with E-state index in [9.17, 15) is 9.18 Å². The number of methoxy groups -OCH3 is 1. The van der Waals surface area contributed by atoms with Gasteiger partial charge in [-0.2, -0.15) is 0 Å². The summed E-state index contributed by atoms with van der Waals surface area (Å²) in [4.78, 5) is 17.5. The second kappa shape index (κ2) is 8.27. The maximum absolute atomic E-state index is 13.4. The average molecular weight is 358 g/mol. The first-order valence-corrected chi connectivity index (χ1v) is 9.03. The number of halogens is 1. The molecule has 0 atom stereocenters. The van der Waals surface area contributed by atoms with E-state index >= 15 is 0 Å². The molecule has 1 heterocycles. The number of fused-ring (bicyclic) bond motifs is 1. The number of thioether (sulfide) groups is 1. The summed E-state index contributed by atoms with van der Waals surface area (Å²) in [6.45, 7) is 1.11. The highest BCUT2D eigenvalue weighted by atomic mass is 32.2. The summed E-state index contributed by atoms with van der Waals surface area (Å²) in [7, 11) is 1.64. The van der Waals surface area contributed by atoms with Crippen molar-refractivity contribution in [1.82, 2.24) is 9.55 Å². The number of para-hydroxylation sites is 1. The number of aromatic nitrogens is 2. The smallest absolute Gasteiger partial charge is 0.262 e. The van der Waals surface area contributed by atoms with Crippen LogP contribution in [0.3, 0.4) is 0 Å². The molecule has 0 aliphatic carbocycles. The SMILES string of the molecule is COCCCn1c(SCc2cccc(F)c2)nc2ccccc2c1=O. The van der Waals surface area contributed by atoms with Crippen LogP contribution in [0, 0.1) is 5.82 Å². The lowest BCUT2D eigenvalue weighted by atomic mass is 10.2. The fraction of sp³-hybridized carbons (Fsp3) is 0.263. The molecule has 6 heteroatoms. The maximum atomic E-state index is 13.4. The molecule has 0 saturated heterocycles. The van der Waals surface area contributed by atoms with Gasteiger partial charge in [0.2, 0.25) is 0 Å². The second-order valence-electron chi connectivity index (χ2n) is 5.63. The van der Waals surface area contributed by atoms with Crippen LogP contribution in [0.5, 0.6) is 0 Å². The van der Waals surface area contributed by atoms with E-state index < -0.39 is 0 Å². The molecule has 0 radical (unpaired) electrons. The molecule has 25 heavy (non-hydrogen) atoms. The molecule has 0 aliphatic heterocycles. The number of ether oxygens (including phenoxy) is 1. The quantitative estimate of drug-likeness (QED) is 0.365. The Bertz CT molecular complexity index is 927. The zero-order valence-electron chi connectivity index (χ0n) is 13.9. The van der Waals surface area contributed by atoms with Crippen LogP contribution in [0.15, 0.2) is 58.5 Å². The second-order valence-corrected chi connectivity index (χ2v) is 6.58. The molecule has 0 amide bonds. The van der Waals surface area contributed by atoms with E-state index in [-0.39, 0.29) is 11.4 Å². The Morgan fingerprint density at radius 1 is 1.20 bits per heavy atom. The van der Waals surface area contributed by atoms with Gasteiger partial charge in [0, 0.05) is 26.0 Å². The van der Waals surface area contributed by atoms with E-state index in [0.29, 0.717) is 35.0 Å². The third-order valence-electron chi connectivity index (χ3n) is 3.81. The molecule has 0 unspecified atom stereocenters. The molecule has 0 bridgehead atoms. The molecule has 0 aliphatic rings. The van der Waals surface area contributed by atoms with Gasteiger partial charge in [-0.05, 0) is 36.2 Å². The zero-order chi connectivity index (χ0) is 17.6. The highest BCUT2D eigenvalue weighted by Gasteiger charge is 2.11. The van der Waals surface area contributed by atoms with Crippen LogP contribution >= 0.6 is 11.8 Å². The lowest BCUT2D eigenvalue weighted by molar-refractivity contribution is 0.189. The minimum Gasteiger partial charge on any atom is -0.385 e. The standard InChI is InChI=1S/C19H19FN2O2S/c1-24-11-5-10-22-18(23)16-8-2-3-9-17(16)21-19(22)25-13-14-6-4-7-15(20)12-14/h2-4,6-9,12H,5,10-11,13H2,1H3. The number of benzene rings is 2. The molecule has 0 spiro atoms. The number of hydrogen-bond donors (Lipinski definition) is 0. The van der Waals surface area contributed by atoms with E-state index in [1.807, 2.05) is 24.3 Å². The van der Waals surface area contributed by atoms with E-state index in [2.05, 4.69) is 4.98 Å². The summed E-state index contributed by atoms with van der Waals surface area (Å²) in [5.41, 5.74) is 1.48. The van der Waals surface area contributed by atoms with E-state index in [1.54, 1.807) is 23.8 Å². The Labute approximate surface area is 149 Å². The van der Waals surface area contributed by atoms with Crippen LogP contribution in [0.4, 0.5) is 4.39 Å². The van der Waals surface area contributed by atoms with Gasteiger partial charge < -0.3 is 4.74 Å². The third-order valence-corrected chi connectivity index (χ3v) is 4.86. The minimum atomic E-state index is -0.262. The van der Waals surface area contributed by atoms with E-state index in [4.69, 9.17) is 4.74 Å². The first-order chi connectivity index (χ1) is 12.2. The van der Waals surface area contributed by atoms with Gasteiger partial charge in [0.25, 0.3) is 5.56 Å². The predicted octanol–water partition coefficient (Wildman–Crippen LogP) is 3.86. The van der Waals surface area contributed by atoms with Gasteiger partial charge in [0.1, 0.15) is 5.82 Å². The van der Waals surface area contributed by atoms with Gasteiger partial charge in [0.15, 0.2) is 5.16 Å². The summed E-state index contributed by atoms with van der Waals surface area (Å²) in [5.74, 6) is 0.286. The molecule has 1 aromatic heterocycles. The van der Waals surface area contributed by atoms with Gasteiger partial charge in [0.05, 0.1) is 10.9 Å². The lowest BCUT2D eigenvalue weighted by Crippen LogP contribution is -2.24. The topological polar surface area (TPSA) is 44.1 Å². The monoisotopic (exact) mass is 358 g/mol. The van der Waals surface area contributed by atoms with Crippen LogP contribution in [-0.4, -0.2) is 23.3 Å². The molecule has 2 aromatic carbocycles. The average Bonchev–Trinajstić information content (AvgIpc) is 2.62. The summed E-state index contributed by atoms with van der Waals surface area (Å²) >= 11 is 1.44. The highest BCUT2D eigenvalue weighted by molar-refractivity contribution is 7.98. The number of nitrogens with zero attached hydrogens (tertiary/aromatic N) is 2. The fourth-order valence-electron chi connectivity index (χ4n) is 2.60. The molecule has 4 nitrogen and oxygen atoms in total. The highest BCUT2D eigenvalue weighted by Crippen LogP contribution is 2.22. The summed E-state index contributed by atoms with van der Waals surface area (Å²) in [6, 6.07) is 13.8. The van der Waals surface area contributed by atoms with Gasteiger partial charge >= 0.3 is 0 Å². The lowest BCUT2D eigenvalue weighted by Gasteiger charge is -2.13. The number of rotatable bonds is 7. The third kappa shape index (κ3) is 4.27. The van der Waals surface area contributed by atoms with Crippen LogP contribution in [0.2, 0.25) is 0 Å². The normalized spacial score (nSPS) is 11.1. The largest absolute Gasteiger partial charge is 0.385 e. The van der Waals surface area contributed by atoms with E-state index in [1.165, 1.54) is 23.9 Å². The van der Waals surface area contributed by atoms with Crippen molar-refractivity contribution in [3.63, 3.8) is 0 Å². The Morgan fingerprint density at radius 3 is 2.84 bits per heavy atom. The van der Waals surface area contributed by atoms with Crippen molar-refractivity contribution in [2.24, 2.45) is 0 Å². The van der Waals surface area contributed by atoms with Crippen molar-refractivity contribution in [1.29, 1.82) is 0 Å². The van der Waals surface area contributed by atoms with Crippen molar-refractivity contribution in [2.45, 2.75) is 23.9 Å². The van der Waals surface area contributed by atoms with Crippen molar-refractivity contribution < 1.29 is 9.13 Å². The summed E-state index contributed by atoms with van der Waals surface area (Å²) in [5, 5.41) is 1.25. The summed E-state index contributed by atoms with van der Waals surface area (Å²) in [6.07, 6.45) is 0.726. The van der Waals surface area contributed by atoms with Crippen LogP contribution in [-0.2, 0) is 17.0 Å². The first kappa shape index (κ1) is 17.6. The van der Waals surface area contributed by atoms with Crippen LogP contribution < -0.4 is 5.56 Å². The van der Waals surface area contributed by atoms with Gasteiger partial charge in [-0.1, -0.05) is 36.0 Å². The molecular weight excluding hydrogens is 339 g/mol. The molecule has 3 aromatic rings. The van der Waals surface area contributed by atoms with Crippen LogP contribution in [0.25, 0.3) is 10.9 Å². The molecule has 0 fully saturated rings. The van der Waals surface area contributed by atoms with Gasteiger partial charge in [-0.25, -0.2) is 9.37 Å². The van der Waals surface area contributed by atoms with Crippen molar-refractivity contribution in [3.8, 4) is 0 Å². The Kier molecular flexibility index (Phi) is 5.83. The fourth-order valence-corrected chi connectivity index (χ4v) is 3.56. The molecular formula is C19H19FN2O2S. The van der Waals surface area contributed by atoms with Gasteiger partial charge in [-0.3, -0.25) is 9.36 Å².